The zero-order chi connectivity index (χ0) is 18.1. The second-order valence-corrected chi connectivity index (χ2v) is 7.00. The van der Waals surface area contributed by atoms with Gasteiger partial charge in [0.15, 0.2) is 0 Å². The van der Waals surface area contributed by atoms with Crippen LogP contribution in [0.1, 0.15) is 32.1 Å². The van der Waals surface area contributed by atoms with Gasteiger partial charge in [-0.3, -0.25) is 0 Å². The van der Waals surface area contributed by atoms with Gasteiger partial charge < -0.3 is 10.4 Å². The predicted octanol–water partition coefficient (Wildman–Crippen LogP) is 5.02. The summed E-state index contributed by atoms with van der Waals surface area (Å²) in [5, 5.41) is 14.1. The molecule has 7 heteroatoms. The Labute approximate surface area is 155 Å². The van der Waals surface area contributed by atoms with E-state index in [1.807, 2.05) is 12.1 Å². The Balaban J connectivity index is 1.76. The molecular weight excluding hydrogens is 352 g/mol. The van der Waals surface area contributed by atoms with Crippen LogP contribution in [0.25, 0.3) is 22.2 Å². The molecule has 0 aliphatic heterocycles. The molecule has 0 amide bonds. The minimum atomic E-state index is -1.07. The summed E-state index contributed by atoms with van der Waals surface area (Å²) in [5.41, 5.74) is 2.00. The molecule has 0 saturated heterocycles. The zero-order valence-electron chi connectivity index (χ0n) is 14.2. The number of anilines is 1. The van der Waals surface area contributed by atoms with Crippen LogP contribution in [0, 0.1) is 0 Å². The molecule has 1 fully saturated rings. The summed E-state index contributed by atoms with van der Waals surface area (Å²) in [7, 11) is 0. The van der Waals surface area contributed by atoms with Crippen LogP contribution in [-0.2, 0) is 0 Å². The molecule has 0 bridgehead atoms. The molecule has 0 radical (unpaired) electrons. The summed E-state index contributed by atoms with van der Waals surface area (Å²) in [6, 6.07) is 7.74. The van der Waals surface area contributed by atoms with E-state index in [1.165, 1.54) is 19.3 Å². The Morgan fingerprint density at radius 3 is 2.85 bits per heavy atom. The summed E-state index contributed by atoms with van der Waals surface area (Å²) in [5.74, 6) is 0.722. The summed E-state index contributed by atoms with van der Waals surface area (Å²) < 4.78 is 1.13. The number of pyridine rings is 2. The number of hydrogen-bond donors (Lipinski definition) is 2. The first kappa shape index (κ1) is 16.8. The van der Waals surface area contributed by atoms with Crippen molar-refractivity contribution < 1.29 is 9.90 Å². The van der Waals surface area contributed by atoms with Crippen molar-refractivity contribution in [1.82, 2.24) is 14.5 Å². The highest BCUT2D eigenvalue weighted by molar-refractivity contribution is 6.29. The topological polar surface area (TPSA) is 80.0 Å². The van der Waals surface area contributed by atoms with Crippen LogP contribution in [0.2, 0.25) is 5.15 Å². The van der Waals surface area contributed by atoms with Crippen LogP contribution in [0.3, 0.4) is 0 Å². The highest BCUT2D eigenvalue weighted by Gasteiger charge is 2.18. The van der Waals surface area contributed by atoms with Gasteiger partial charge in [-0.1, -0.05) is 30.9 Å². The van der Waals surface area contributed by atoms with E-state index < -0.39 is 6.09 Å². The van der Waals surface area contributed by atoms with Gasteiger partial charge in [0.2, 0.25) is 0 Å². The number of halogens is 1. The molecule has 3 heterocycles. The molecule has 0 aromatic carbocycles. The molecule has 2 N–H and O–H groups in total. The molecule has 0 unspecified atom stereocenters. The van der Waals surface area contributed by atoms with Gasteiger partial charge in [-0.05, 0) is 42.7 Å². The minimum absolute atomic E-state index is 0.376. The third kappa shape index (κ3) is 3.24. The third-order valence-corrected chi connectivity index (χ3v) is 5.03. The highest BCUT2D eigenvalue weighted by atomic mass is 35.5. The van der Waals surface area contributed by atoms with Crippen LogP contribution in [0.5, 0.6) is 0 Å². The number of nitrogens with zero attached hydrogens (tertiary/aromatic N) is 3. The van der Waals surface area contributed by atoms with E-state index in [4.69, 9.17) is 11.6 Å². The molecule has 26 heavy (non-hydrogen) atoms. The second-order valence-electron chi connectivity index (χ2n) is 6.61. The smallest absolute Gasteiger partial charge is 0.417 e. The molecular formula is C19H19ClN4O2. The largest absolute Gasteiger partial charge is 0.464 e. The predicted molar refractivity (Wildman–Crippen MR) is 102 cm³/mol. The number of nitrogens with one attached hydrogen (secondary N) is 1. The summed E-state index contributed by atoms with van der Waals surface area (Å²) >= 11 is 6.25. The Hall–Kier alpha value is -2.60. The Morgan fingerprint density at radius 2 is 2.08 bits per heavy atom. The lowest BCUT2D eigenvalue weighted by atomic mass is 9.95. The van der Waals surface area contributed by atoms with Crippen molar-refractivity contribution >= 4 is 34.5 Å². The minimum Gasteiger partial charge on any atom is -0.464 e. The van der Waals surface area contributed by atoms with Crippen molar-refractivity contribution in [3.63, 3.8) is 0 Å². The van der Waals surface area contributed by atoms with Gasteiger partial charge in [-0.25, -0.2) is 19.3 Å². The van der Waals surface area contributed by atoms with Crippen molar-refractivity contribution in [2.24, 2.45) is 0 Å². The average Bonchev–Trinajstić information content (AvgIpc) is 3.02. The van der Waals surface area contributed by atoms with Crippen LogP contribution in [0.15, 0.2) is 36.7 Å². The molecule has 3 aromatic rings. The summed E-state index contributed by atoms with van der Waals surface area (Å²) in [6.45, 7) is 0. The molecule has 0 atom stereocenters. The first-order chi connectivity index (χ1) is 12.6. The van der Waals surface area contributed by atoms with Gasteiger partial charge in [0.05, 0.1) is 0 Å². The number of hydrogen-bond acceptors (Lipinski definition) is 4. The third-order valence-electron chi connectivity index (χ3n) is 4.83. The fourth-order valence-corrected chi connectivity index (χ4v) is 3.83. The van der Waals surface area contributed by atoms with Crippen molar-refractivity contribution in [3.8, 4) is 11.1 Å². The number of rotatable bonds is 3. The van der Waals surface area contributed by atoms with Gasteiger partial charge in [0.1, 0.15) is 16.6 Å². The van der Waals surface area contributed by atoms with Crippen LogP contribution < -0.4 is 5.32 Å². The van der Waals surface area contributed by atoms with E-state index in [-0.39, 0.29) is 0 Å². The lowest BCUT2D eigenvalue weighted by Crippen LogP contribution is -2.22. The monoisotopic (exact) mass is 370 g/mol. The first-order valence-electron chi connectivity index (χ1n) is 8.76. The van der Waals surface area contributed by atoms with Gasteiger partial charge in [-0.2, -0.15) is 0 Å². The molecule has 1 aliphatic carbocycles. The number of carbonyl (C=O) groups is 1. The van der Waals surface area contributed by atoms with Crippen molar-refractivity contribution in [2.45, 2.75) is 38.1 Å². The van der Waals surface area contributed by atoms with E-state index in [2.05, 4.69) is 15.3 Å². The summed E-state index contributed by atoms with van der Waals surface area (Å²) in [4.78, 5) is 20.1. The molecule has 4 rings (SSSR count). The van der Waals surface area contributed by atoms with Crippen LogP contribution in [0.4, 0.5) is 10.6 Å². The maximum atomic E-state index is 11.5. The first-order valence-corrected chi connectivity index (χ1v) is 9.13. The lowest BCUT2D eigenvalue weighted by molar-refractivity contribution is 0.197. The van der Waals surface area contributed by atoms with E-state index in [0.717, 1.165) is 39.7 Å². The van der Waals surface area contributed by atoms with Crippen LogP contribution >= 0.6 is 11.6 Å². The van der Waals surface area contributed by atoms with Gasteiger partial charge in [0, 0.05) is 29.4 Å². The SMILES string of the molecule is O=C(O)n1cc(-c2cc(Cl)nc(NC3CCCCC3)c2)c2cccnc21. The van der Waals surface area contributed by atoms with E-state index in [0.29, 0.717) is 16.8 Å². The quantitative estimate of drug-likeness (QED) is 0.632. The Morgan fingerprint density at radius 1 is 1.27 bits per heavy atom. The maximum Gasteiger partial charge on any atom is 0.417 e. The maximum absolute atomic E-state index is 11.5. The standard InChI is InChI=1S/C19H19ClN4O2/c20-16-9-12(10-17(23-16)22-13-5-2-1-3-6-13)15-11-24(19(25)26)18-14(15)7-4-8-21-18/h4,7-11,13H,1-3,5-6H2,(H,22,23)(H,25,26). The molecule has 134 valence electrons. The molecule has 1 aliphatic rings. The van der Waals surface area contributed by atoms with Gasteiger partial charge >= 0.3 is 6.09 Å². The fourth-order valence-electron chi connectivity index (χ4n) is 3.62. The normalized spacial score (nSPS) is 15.3. The van der Waals surface area contributed by atoms with Crippen molar-refractivity contribution in [3.05, 3.63) is 41.8 Å². The van der Waals surface area contributed by atoms with E-state index in [1.54, 1.807) is 24.5 Å². The highest BCUT2D eigenvalue weighted by Crippen LogP contribution is 2.32. The van der Waals surface area contributed by atoms with E-state index >= 15 is 0 Å². The molecule has 6 nitrogen and oxygen atoms in total. The number of fused-ring (bicyclic) bond motifs is 1. The van der Waals surface area contributed by atoms with Gasteiger partial charge in [-0.15, -0.1) is 0 Å². The fraction of sp³-hybridized carbons (Fsp3) is 0.316. The zero-order valence-corrected chi connectivity index (χ0v) is 14.9. The second kappa shape index (κ2) is 6.96. The lowest BCUT2D eigenvalue weighted by Gasteiger charge is -2.23. The molecule has 3 aromatic heterocycles. The summed E-state index contributed by atoms with van der Waals surface area (Å²) in [6.07, 6.45) is 8.09. The number of aromatic nitrogens is 3. The van der Waals surface area contributed by atoms with Crippen molar-refractivity contribution in [2.75, 3.05) is 5.32 Å². The van der Waals surface area contributed by atoms with Crippen molar-refractivity contribution in [1.29, 1.82) is 0 Å². The Bertz CT molecular complexity index is 963. The van der Waals surface area contributed by atoms with Crippen LogP contribution in [-0.4, -0.2) is 31.8 Å². The molecule has 1 saturated carbocycles. The Kier molecular flexibility index (Phi) is 4.51. The number of carboxylic acid groups (broad SMARTS) is 1. The average molecular weight is 371 g/mol. The van der Waals surface area contributed by atoms with Gasteiger partial charge in [0.25, 0.3) is 0 Å². The molecule has 0 spiro atoms. The van der Waals surface area contributed by atoms with E-state index in [9.17, 15) is 9.90 Å².